The predicted octanol–water partition coefficient (Wildman–Crippen LogP) is 1.58. The Bertz CT molecular complexity index is 542. The van der Waals surface area contributed by atoms with E-state index in [2.05, 4.69) is 5.32 Å². The van der Waals surface area contributed by atoms with Crippen LogP contribution in [0.2, 0.25) is 0 Å². The van der Waals surface area contributed by atoms with Crippen LogP contribution in [0.25, 0.3) is 0 Å². The van der Waals surface area contributed by atoms with Crippen LogP contribution in [0.15, 0.2) is 24.3 Å². The van der Waals surface area contributed by atoms with Gasteiger partial charge in [-0.25, -0.2) is 4.39 Å². The number of piperidine rings is 1. The number of nitrogens with zero attached hydrogens (tertiary/aromatic N) is 1. The van der Waals surface area contributed by atoms with Crippen molar-refractivity contribution in [2.75, 3.05) is 20.1 Å². The summed E-state index contributed by atoms with van der Waals surface area (Å²) >= 11 is 0. The Hall–Kier alpha value is -2.11. The fourth-order valence-electron chi connectivity index (χ4n) is 2.60. The quantitative estimate of drug-likeness (QED) is 0.919. The van der Waals surface area contributed by atoms with Crippen LogP contribution < -0.4 is 10.1 Å². The van der Waals surface area contributed by atoms with Crippen molar-refractivity contribution in [2.24, 2.45) is 5.92 Å². The Balaban J connectivity index is 1.89. The Kier molecular flexibility index (Phi) is 5.35. The first-order valence-corrected chi connectivity index (χ1v) is 7.44. The van der Waals surface area contributed by atoms with Gasteiger partial charge >= 0.3 is 0 Å². The number of hydrogen-bond acceptors (Lipinski definition) is 3. The summed E-state index contributed by atoms with van der Waals surface area (Å²) in [5.41, 5.74) is 0. The van der Waals surface area contributed by atoms with E-state index in [0.29, 0.717) is 25.9 Å². The monoisotopic (exact) mass is 308 g/mol. The summed E-state index contributed by atoms with van der Waals surface area (Å²) in [7, 11) is 1.62. The van der Waals surface area contributed by atoms with Gasteiger partial charge in [0.05, 0.1) is 0 Å². The SMILES string of the molecule is CNC(=O)C1CCN(C(=O)C(C)Oc2ccccc2F)CC1. The third-order valence-corrected chi connectivity index (χ3v) is 3.91. The highest BCUT2D eigenvalue weighted by Crippen LogP contribution is 2.21. The number of likely N-dealkylation sites (tertiary alicyclic amines) is 1. The smallest absolute Gasteiger partial charge is 0.263 e. The molecule has 0 radical (unpaired) electrons. The van der Waals surface area contributed by atoms with Gasteiger partial charge in [-0.15, -0.1) is 0 Å². The van der Waals surface area contributed by atoms with E-state index in [9.17, 15) is 14.0 Å². The molecule has 1 saturated heterocycles. The number of amides is 2. The lowest BCUT2D eigenvalue weighted by Crippen LogP contribution is -2.46. The number of hydrogen-bond donors (Lipinski definition) is 1. The molecule has 120 valence electrons. The highest BCUT2D eigenvalue weighted by Gasteiger charge is 2.29. The summed E-state index contributed by atoms with van der Waals surface area (Å²) in [4.78, 5) is 25.6. The average molecular weight is 308 g/mol. The van der Waals surface area contributed by atoms with Crippen LogP contribution in [-0.4, -0.2) is 43.0 Å². The Morgan fingerprint density at radius 3 is 2.55 bits per heavy atom. The molecule has 0 spiro atoms. The molecule has 1 aliphatic rings. The molecule has 1 aromatic rings. The van der Waals surface area contributed by atoms with Gasteiger partial charge in [0.25, 0.3) is 5.91 Å². The first-order chi connectivity index (χ1) is 10.5. The van der Waals surface area contributed by atoms with Crippen LogP contribution >= 0.6 is 0 Å². The number of halogens is 1. The zero-order chi connectivity index (χ0) is 16.1. The van der Waals surface area contributed by atoms with E-state index in [4.69, 9.17) is 4.74 Å². The van der Waals surface area contributed by atoms with Crippen LogP contribution in [0.5, 0.6) is 5.75 Å². The average Bonchev–Trinajstić information content (AvgIpc) is 2.55. The molecule has 0 saturated carbocycles. The molecule has 1 fully saturated rings. The van der Waals surface area contributed by atoms with Crippen molar-refractivity contribution in [3.05, 3.63) is 30.1 Å². The normalized spacial score (nSPS) is 17.0. The zero-order valence-corrected chi connectivity index (χ0v) is 12.8. The van der Waals surface area contributed by atoms with Crippen LogP contribution in [-0.2, 0) is 9.59 Å². The summed E-state index contributed by atoms with van der Waals surface area (Å²) in [6.07, 6.45) is 0.517. The molecule has 0 aromatic heterocycles. The van der Waals surface area contributed by atoms with Gasteiger partial charge in [0.2, 0.25) is 5.91 Å². The van der Waals surface area contributed by atoms with E-state index >= 15 is 0 Å². The minimum absolute atomic E-state index is 0.0164. The third-order valence-electron chi connectivity index (χ3n) is 3.91. The van der Waals surface area contributed by atoms with Crippen molar-refractivity contribution in [3.8, 4) is 5.75 Å². The molecule has 1 unspecified atom stereocenters. The van der Waals surface area contributed by atoms with E-state index in [0.717, 1.165) is 0 Å². The standard InChI is InChI=1S/C16H21FN2O3/c1-11(22-14-6-4-3-5-13(14)17)16(21)19-9-7-12(8-10-19)15(20)18-2/h3-6,11-12H,7-10H2,1-2H3,(H,18,20). The lowest BCUT2D eigenvalue weighted by Gasteiger charge is -2.32. The molecule has 1 aliphatic heterocycles. The van der Waals surface area contributed by atoms with E-state index in [-0.39, 0.29) is 23.5 Å². The maximum atomic E-state index is 13.5. The second kappa shape index (κ2) is 7.24. The number of benzene rings is 1. The van der Waals surface area contributed by atoms with Crippen molar-refractivity contribution >= 4 is 11.8 Å². The fourth-order valence-corrected chi connectivity index (χ4v) is 2.60. The molecular formula is C16H21FN2O3. The number of rotatable bonds is 4. The molecule has 2 amide bonds. The molecule has 22 heavy (non-hydrogen) atoms. The number of nitrogens with one attached hydrogen (secondary N) is 1. The largest absolute Gasteiger partial charge is 0.478 e. The lowest BCUT2D eigenvalue weighted by atomic mass is 9.96. The summed E-state index contributed by atoms with van der Waals surface area (Å²) in [6.45, 7) is 2.64. The van der Waals surface area contributed by atoms with E-state index in [1.54, 1.807) is 31.0 Å². The summed E-state index contributed by atoms with van der Waals surface area (Å²) in [5, 5.41) is 2.63. The molecular weight excluding hydrogens is 287 g/mol. The molecule has 0 aliphatic carbocycles. The van der Waals surface area contributed by atoms with Crippen LogP contribution in [0, 0.1) is 11.7 Å². The zero-order valence-electron chi connectivity index (χ0n) is 12.8. The number of carbonyl (C=O) groups is 2. The van der Waals surface area contributed by atoms with Crippen molar-refractivity contribution < 1.29 is 18.7 Å². The highest BCUT2D eigenvalue weighted by molar-refractivity contribution is 5.82. The first kappa shape index (κ1) is 16.3. The van der Waals surface area contributed by atoms with Gasteiger partial charge in [0.1, 0.15) is 0 Å². The number of para-hydroxylation sites is 1. The second-order valence-electron chi connectivity index (χ2n) is 5.40. The highest BCUT2D eigenvalue weighted by atomic mass is 19.1. The molecule has 1 heterocycles. The topological polar surface area (TPSA) is 58.6 Å². The minimum Gasteiger partial charge on any atom is -0.478 e. The summed E-state index contributed by atoms with van der Waals surface area (Å²) in [6, 6.07) is 6.01. The lowest BCUT2D eigenvalue weighted by molar-refractivity contribution is -0.141. The van der Waals surface area contributed by atoms with E-state index in [1.807, 2.05) is 0 Å². The van der Waals surface area contributed by atoms with Gasteiger partial charge in [-0.3, -0.25) is 9.59 Å². The van der Waals surface area contributed by atoms with E-state index in [1.165, 1.54) is 12.1 Å². The molecule has 6 heteroatoms. The third kappa shape index (κ3) is 3.75. The van der Waals surface area contributed by atoms with Crippen molar-refractivity contribution in [1.29, 1.82) is 0 Å². The maximum absolute atomic E-state index is 13.5. The predicted molar refractivity (Wildman–Crippen MR) is 79.9 cm³/mol. The summed E-state index contributed by atoms with van der Waals surface area (Å²) in [5.74, 6) is -0.623. The molecule has 1 aromatic carbocycles. The van der Waals surface area contributed by atoms with Gasteiger partial charge < -0.3 is 15.0 Å². The van der Waals surface area contributed by atoms with Crippen molar-refractivity contribution in [3.63, 3.8) is 0 Å². The first-order valence-electron chi connectivity index (χ1n) is 7.44. The molecule has 5 nitrogen and oxygen atoms in total. The van der Waals surface area contributed by atoms with Crippen LogP contribution in [0.1, 0.15) is 19.8 Å². The maximum Gasteiger partial charge on any atom is 0.263 e. The fraction of sp³-hybridized carbons (Fsp3) is 0.500. The van der Waals surface area contributed by atoms with Gasteiger partial charge in [0, 0.05) is 26.1 Å². The number of ether oxygens (including phenoxy) is 1. The molecule has 0 bridgehead atoms. The minimum atomic E-state index is -0.756. The Morgan fingerprint density at radius 1 is 1.32 bits per heavy atom. The van der Waals surface area contributed by atoms with Gasteiger partial charge in [-0.1, -0.05) is 12.1 Å². The van der Waals surface area contributed by atoms with Gasteiger partial charge in [-0.2, -0.15) is 0 Å². The molecule has 2 rings (SSSR count). The van der Waals surface area contributed by atoms with Crippen molar-refractivity contribution in [2.45, 2.75) is 25.9 Å². The van der Waals surface area contributed by atoms with Gasteiger partial charge in [0.15, 0.2) is 17.7 Å². The molecule has 1 N–H and O–H groups in total. The molecule has 1 atom stereocenters. The van der Waals surface area contributed by atoms with E-state index < -0.39 is 11.9 Å². The second-order valence-corrected chi connectivity index (χ2v) is 5.40. The van der Waals surface area contributed by atoms with Gasteiger partial charge in [-0.05, 0) is 31.9 Å². The van der Waals surface area contributed by atoms with Crippen LogP contribution in [0.3, 0.4) is 0 Å². The Morgan fingerprint density at radius 2 is 1.95 bits per heavy atom. The summed E-state index contributed by atoms with van der Waals surface area (Å²) < 4.78 is 19.0. The Labute approximate surface area is 129 Å². The van der Waals surface area contributed by atoms with Crippen molar-refractivity contribution in [1.82, 2.24) is 10.2 Å². The number of carbonyl (C=O) groups excluding carboxylic acids is 2. The van der Waals surface area contributed by atoms with Crippen LogP contribution in [0.4, 0.5) is 4.39 Å².